The molecule has 0 aliphatic carbocycles. The second-order valence-electron chi connectivity index (χ2n) is 4.82. The van der Waals surface area contributed by atoms with E-state index in [2.05, 4.69) is 5.10 Å². The number of benzene rings is 1. The van der Waals surface area contributed by atoms with Crippen LogP contribution in [0.2, 0.25) is 0 Å². The number of ether oxygens (including phenoxy) is 1. The molecule has 0 saturated heterocycles. The van der Waals surface area contributed by atoms with Crippen molar-refractivity contribution in [3.05, 3.63) is 42.4 Å². The standard InChI is InChI=1S/C16H17N3O2/c1-10-11(8-9-21-10)15-14(16(17)19(2)18-15)12-6-4-5-7-13(12)20-3/h4-9H,17H2,1-3H3. The molecule has 0 bridgehead atoms. The molecule has 108 valence electrons. The van der Waals surface area contributed by atoms with Crippen LogP contribution in [0.25, 0.3) is 22.4 Å². The predicted molar refractivity (Wildman–Crippen MR) is 82.0 cm³/mol. The summed E-state index contributed by atoms with van der Waals surface area (Å²) in [5.74, 6) is 2.17. The Bertz CT molecular complexity index is 787. The first-order chi connectivity index (χ1) is 10.1. The number of para-hydroxylation sites is 1. The fraction of sp³-hybridized carbons (Fsp3) is 0.188. The monoisotopic (exact) mass is 283 g/mol. The molecule has 0 aliphatic rings. The Morgan fingerprint density at radius 2 is 1.95 bits per heavy atom. The molecule has 1 aromatic carbocycles. The van der Waals surface area contributed by atoms with Crippen molar-refractivity contribution < 1.29 is 9.15 Å². The summed E-state index contributed by atoms with van der Waals surface area (Å²) in [4.78, 5) is 0. The molecule has 3 aromatic rings. The van der Waals surface area contributed by atoms with Gasteiger partial charge in [-0.05, 0) is 19.1 Å². The van der Waals surface area contributed by atoms with Gasteiger partial charge in [0, 0.05) is 18.2 Å². The summed E-state index contributed by atoms with van der Waals surface area (Å²) < 4.78 is 12.5. The molecular weight excluding hydrogens is 266 g/mol. The second-order valence-corrected chi connectivity index (χ2v) is 4.82. The van der Waals surface area contributed by atoms with Crippen molar-refractivity contribution in [1.82, 2.24) is 9.78 Å². The summed E-state index contributed by atoms with van der Waals surface area (Å²) in [6.07, 6.45) is 1.65. The summed E-state index contributed by atoms with van der Waals surface area (Å²) in [5, 5.41) is 4.54. The lowest BCUT2D eigenvalue weighted by atomic mass is 10.0. The Morgan fingerprint density at radius 1 is 1.19 bits per heavy atom. The maximum absolute atomic E-state index is 6.23. The number of aryl methyl sites for hydroxylation is 2. The molecule has 0 amide bonds. The topological polar surface area (TPSA) is 66.2 Å². The molecule has 2 heterocycles. The van der Waals surface area contributed by atoms with Crippen molar-refractivity contribution in [1.29, 1.82) is 0 Å². The summed E-state index contributed by atoms with van der Waals surface area (Å²) in [6, 6.07) is 9.67. The van der Waals surface area contributed by atoms with Crippen LogP contribution >= 0.6 is 0 Å². The number of rotatable bonds is 3. The summed E-state index contributed by atoms with van der Waals surface area (Å²) >= 11 is 0. The highest BCUT2D eigenvalue weighted by atomic mass is 16.5. The van der Waals surface area contributed by atoms with Crippen molar-refractivity contribution >= 4 is 5.82 Å². The van der Waals surface area contributed by atoms with Crippen molar-refractivity contribution in [2.75, 3.05) is 12.8 Å². The molecule has 0 atom stereocenters. The molecule has 5 heteroatoms. The minimum Gasteiger partial charge on any atom is -0.496 e. The van der Waals surface area contributed by atoms with E-state index < -0.39 is 0 Å². The smallest absolute Gasteiger partial charge is 0.130 e. The number of nitrogens with zero attached hydrogens (tertiary/aromatic N) is 2. The van der Waals surface area contributed by atoms with E-state index >= 15 is 0 Å². The third-order valence-electron chi connectivity index (χ3n) is 3.58. The Morgan fingerprint density at radius 3 is 2.62 bits per heavy atom. The van der Waals surface area contributed by atoms with Gasteiger partial charge >= 0.3 is 0 Å². The number of aromatic nitrogens is 2. The molecule has 0 saturated carbocycles. The lowest BCUT2D eigenvalue weighted by Gasteiger charge is -2.09. The molecule has 0 unspecified atom stereocenters. The van der Waals surface area contributed by atoms with Crippen molar-refractivity contribution in [3.63, 3.8) is 0 Å². The van der Waals surface area contributed by atoms with Crippen LogP contribution in [0, 0.1) is 6.92 Å². The van der Waals surface area contributed by atoms with Gasteiger partial charge in [0.15, 0.2) is 0 Å². The van der Waals surface area contributed by atoms with E-state index in [1.807, 2.05) is 44.3 Å². The highest BCUT2D eigenvalue weighted by molar-refractivity contribution is 5.91. The van der Waals surface area contributed by atoms with Crippen LogP contribution in [0.5, 0.6) is 5.75 Å². The Kier molecular flexibility index (Phi) is 3.17. The number of nitrogens with two attached hydrogens (primary N) is 1. The number of methoxy groups -OCH3 is 1. The van der Waals surface area contributed by atoms with E-state index in [9.17, 15) is 0 Å². The van der Waals surface area contributed by atoms with Crippen LogP contribution in [0.4, 0.5) is 5.82 Å². The highest BCUT2D eigenvalue weighted by Crippen LogP contribution is 2.41. The van der Waals surface area contributed by atoms with Gasteiger partial charge in [-0.15, -0.1) is 0 Å². The normalized spacial score (nSPS) is 10.8. The fourth-order valence-electron chi connectivity index (χ4n) is 2.47. The summed E-state index contributed by atoms with van der Waals surface area (Å²) in [7, 11) is 3.47. The summed E-state index contributed by atoms with van der Waals surface area (Å²) in [6.45, 7) is 1.91. The van der Waals surface area contributed by atoms with Gasteiger partial charge in [0.05, 0.1) is 18.9 Å². The maximum atomic E-state index is 6.23. The third kappa shape index (κ3) is 2.07. The molecule has 21 heavy (non-hydrogen) atoms. The Hall–Kier alpha value is -2.69. The van der Waals surface area contributed by atoms with Crippen LogP contribution in [0.1, 0.15) is 5.76 Å². The molecule has 2 aromatic heterocycles. The van der Waals surface area contributed by atoms with Gasteiger partial charge in [0.2, 0.25) is 0 Å². The van der Waals surface area contributed by atoms with Gasteiger partial charge in [0.25, 0.3) is 0 Å². The molecule has 0 spiro atoms. The number of furan rings is 1. The average molecular weight is 283 g/mol. The zero-order chi connectivity index (χ0) is 15.0. The molecule has 5 nitrogen and oxygen atoms in total. The minimum absolute atomic E-state index is 0.593. The van der Waals surface area contributed by atoms with E-state index in [1.54, 1.807) is 18.1 Å². The van der Waals surface area contributed by atoms with E-state index in [4.69, 9.17) is 14.9 Å². The SMILES string of the molecule is COc1ccccc1-c1c(-c2ccoc2C)nn(C)c1N. The predicted octanol–water partition coefficient (Wildman–Crippen LogP) is 3.25. The van der Waals surface area contributed by atoms with Gasteiger partial charge in [-0.3, -0.25) is 4.68 Å². The average Bonchev–Trinajstić information content (AvgIpc) is 3.03. The zero-order valence-corrected chi connectivity index (χ0v) is 12.3. The van der Waals surface area contributed by atoms with Gasteiger partial charge in [-0.2, -0.15) is 5.10 Å². The van der Waals surface area contributed by atoms with Gasteiger partial charge < -0.3 is 14.9 Å². The second kappa shape index (κ2) is 5.01. The lowest BCUT2D eigenvalue weighted by Crippen LogP contribution is -1.98. The number of hydrogen-bond acceptors (Lipinski definition) is 4. The van der Waals surface area contributed by atoms with E-state index in [-0.39, 0.29) is 0 Å². The summed E-state index contributed by atoms with van der Waals surface area (Å²) in [5.41, 5.74) is 9.74. The van der Waals surface area contributed by atoms with Crippen LogP contribution < -0.4 is 10.5 Å². The molecule has 0 aliphatic heterocycles. The Balaban J connectivity index is 2.30. The van der Waals surface area contributed by atoms with Crippen LogP contribution in [-0.4, -0.2) is 16.9 Å². The largest absolute Gasteiger partial charge is 0.496 e. The van der Waals surface area contributed by atoms with E-state index in [0.717, 1.165) is 33.9 Å². The van der Waals surface area contributed by atoms with E-state index in [0.29, 0.717) is 5.82 Å². The molecular formula is C16H17N3O2. The maximum Gasteiger partial charge on any atom is 0.130 e. The first-order valence-corrected chi connectivity index (χ1v) is 6.63. The first-order valence-electron chi connectivity index (χ1n) is 6.63. The van der Waals surface area contributed by atoms with Crippen molar-refractivity contribution in [2.24, 2.45) is 7.05 Å². The molecule has 0 radical (unpaired) electrons. The lowest BCUT2D eigenvalue weighted by molar-refractivity contribution is 0.416. The Labute approximate surface area is 122 Å². The zero-order valence-electron chi connectivity index (χ0n) is 12.3. The molecule has 3 rings (SSSR count). The third-order valence-corrected chi connectivity index (χ3v) is 3.58. The van der Waals surface area contributed by atoms with Gasteiger partial charge in [-0.25, -0.2) is 0 Å². The number of nitrogen functional groups attached to an aromatic ring is 1. The van der Waals surface area contributed by atoms with E-state index in [1.165, 1.54) is 0 Å². The minimum atomic E-state index is 0.593. The first kappa shape index (κ1) is 13.3. The molecule has 0 fully saturated rings. The van der Waals surface area contributed by atoms with Gasteiger partial charge in [-0.1, -0.05) is 18.2 Å². The van der Waals surface area contributed by atoms with Crippen molar-refractivity contribution in [3.8, 4) is 28.1 Å². The van der Waals surface area contributed by atoms with Crippen LogP contribution in [0.3, 0.4) is 0 Å². The van der Waals surface area contributed by atoms with Crippen molar-refractivity contribution in [2.45, 2.75) is 6.92 Å². The van der Waals surface area contributed by atoms with Gasteiger partial charge in [0.1, 0.15) is 23.0 Å². The van der Waals surface area contributed by atoms with Crippen LogP contribution in [-0.2, 0) is 7.05 Å². The quantitative estimate of drug-likeness (QED) is 0.801. The highest BCUT2D eigenvalue weighted by Gasteiger charge is 2.22. The molecule has 2 N–H and O–H groups in total. The number of hydrogen-bond donors (Lipinski definition) is 1. The number of anilines is 1. The van der Waals surface area contributed by atoms with Crippen LogP contribution in [0.15, 0.2) is 41.0 Å². The fourth-order valence-corrected chi connectivity index (χ4v) is 2.47.